The number of carbonyl (C=O) groups excluding carboxylic acids is 2. The zero-order chi connectivity index (χ0) is 13.8. The lowest BCUT2D eigenvalue weighted by Gasteiger charge is -2.22. The lowest BCUT2D eigenvalue weighted by molar-refractivity contribution is -0.137. The minimum absolute atomic E-state index is 0.0370. The van der Waals surface area contributed by atoms with Gasteiger partial charge in [0.05, 0.1) is 13.0 Å². The van der Waals surface area contributed by atoms with Gasteiger partial charge in [-0.3, -0.25) is 9.59 Å². The molecule has 1 rings (SSSR count). The van der Waals surface area contributed by atoms with Crippen molar-refractivity contribution in [2.24, 2.45) is 5.92 Å². The van der Waals surface area contributed by atoms with E-state index >= 15 is 0 Å². The Hall–Kier alpha value is -0.900. The molecule has 104 valence electrons. The topological polar surface area (TPSA) is 57.6 Å². The van der Waals surface area contributed by atoms with Crippen molar-refractivity contribution in [2.45, 2.75) is 58.5 Å². The van der Waals surface area contributed by atoms with E-state index < -0.39 is 5.60 Å². The van der Waals surface area contributed by atoms with Crippen molar-refractivity contribution < 1.29 is 14.7 Å². The van der Waals surface area contributed by atoms with E-state index in [9.17, 15) is 14.7 Å². The maximum absolute atomic E-state index is 12.0. The number of ketones is 1. The molecule has 1 N–H and O–H groups in total. The van der Waals surface area contributed by atoms with E-state index in [1.807, 2.05) is 13.8 Å². The quantitative estimate of drug-likeness (QED) is 0.705. The third-order valence-corrected chi connectivity index (χ3v) is 3.36. The summed E-state index contributed by atoms with van der Waals surface area (Å²) in [5.41, 5.74) is -1.43. The minimum atomic E-state index is -1.43. The van der Waals surface area contributed by atoms with Gasteiger partial charge in [0.15, 0.2) is 5.78 Å². The zero-order valence-corrected chi connectivity index (χ0v) is 11.7. The van der Waals surface area contributed by atoms with Crippen molar-refractivity contribution in [3.8, 4) is 0 Å². The van der Waals surface area contributed by atoms with Crippen molar-refractivity contribution in [3.05, 3.63) is 0 Å². The number of rotatable bonds is 7. The Morgan fingerprint density at radius 1 is 1.44 bits per heavy atom. The second-order valence-corrected chi connectivity index (χ2v) is 5.76. The molecule has 1 amide bonds. The summed E-state index contributed by atoms with van der Waals surface area (Å²) in [5.74, 6) is 0.0806. The largest absolute Gasteiger partial charge is 0.380 e. The molecule has 0 aromatic heterocycles. The summed E-state index contributed by atoms with van der Waals surface area (Å²) < 4.78 is 0. The number of β-amino-alcohol motifs (C(OH)–C–C–N with tert-alkyl or cyclic N) is 1. The van der Waals surface area contributed by atoms with Crippen molar-refractivity contribution in [1.82, 2.24) is 4.90 Å². The molecule has 18 heavy (non-hydrogen) atoms. The lowest BCUT2D eigenvalue weighted by Crippen LogP contribution is -2.42. The molecule has 0 saturated carbocycles. The average molecular weight is 255 g/mol. The Morgan fingerprint density at radius 3 is 2.67 bits per heavy atom. The number of likely N-dealkylation sites (tertiary alicyclic amines) is 1. The number of amides is 1. The number of hydrogen-bond donors (Lipinski definition) is 1. The van der Waals surface area contributed by atoms with Gasteiger partial charge >= 0.3 is 0 Å². The van der Waals surface area contributed by atoms with Gasteiger partial charge in [0.25, 0.3) is 0 Å². The second-order valence-electron chi connectivity index (χ2n) is 5.76. The number of hydrogen-bond acceptors (Lipinski definition) is 3. The highest BCUT2D eigenvalue weighted by Gasteiger charge is 2.46. The first-order valence-electron chi connectivity index (χ1n) is 6.92. The van der Waals surface area contributed by atoms with E-state index in [0.717, 1.165) is 19.3 Å². The van der Waals surface area contributed by atoms with E-state index in [4.69, 9.17) is 0 Å². The van der Waals surface area contributed by atoms with Crippen LogP contribution in [0.4, 0.5) is 0 Å². The highest BCUT2D eigenvalue weighted by atomic mass is 16.3. The molecule has 1 unspecified atom stereocenters. The Bertz CT molecular complexity index is 314. The van der Waals surface area contributed by atoms with E-state index in [-0.39, 0.29) is 24.7 Å². The molecule has 1 fully saturated rings. The van der Waals surface area contributed by atoms with Crippen LogP contribution in [0, 0.1) is 5.92 Å². The van der Waals surface area contributed by atoms with Crippen LogP contribution >= 0.6 is 0 Å². The molecule has 0 aromatic carbocycles. The molecular formula is C14H25NO3. The smallest absolute Gasteiger partial charge is 0.226 e. The summed E-state index contributed by atoms with van der Waals surface area (Å²) >= 11 is 0. The number of Topliss-reactive ketones (excluding diaryl/α,β-unsaturated/α-hetero) is 1. The van der Waals surface area contributed by atoms with E-state index in [1.165, 1.54) is 0 Å². The van der Waals surface area contributed by atoms with Gasteiger partial charge in [-0.2, -0.15) is 0 Å². The van der Waals surface area contributed by atoms with E-state index in [2.05, 4.69) is 6.92 Å². The molecule has 0 aliphatic carbocycles. The zero-order valence-electron chi connectivity index (χ0n) is 11.7. The van der Waals surface area contributed by atoms with Crippen LogP contribution in [-0.2, 0) is 9.59 Å². The first-order valence-corrected chi connectivity index (χ1v) is 6.92. The van der Waals surface area contributed by atoms with Gasteiger partial charge in [-0.05, 0) is 12.3 Å². The van der Waals surface area contributed by atoms with Gasteiger partial charge in [-0.1, -0.05) is 33.6 Å². The average Bonchev–Trinajstić information content (AvgIpc) is 2.54. The maximum Gasteiger partial charge on any atom is 0.226 e. The first kappa shape index (κ1) is 15.2. The predicted octanol–water partition coefficient (Wildman–Crippen LogP) is 1.76. The third kappa shape index (κ3) is 3.80. The molecule has 0 radical (unpaired) electrons. The Morgan fingerprint density at radius 2 is 2.11 bits per heavy atom. The van der Waals surface area contributed by atoms with Gasteiger partial charge in [-0.25, -0.2) is 0 Å². The Labute approximate surface area is 109 Å². The van der Waals surface area contributed by atoms with Gasteiger partial charge in [0.2, 0.25) is 5.91 Å². The molecule has 0 bridgehead atoms. The maximum atomic E-state index is 12.0. The molecule has 0 aromatic rings. The fraction of sp³-hybridized carbons (Fsp3) is 0.857. The van der Waals surface area contributed by atoms with Gasteiger partial charge in [-0.15, -0.1) is 0 Å². The van der Waals surface area contributed by atoms with E-state index in [0.29, 0.717) is 18.9 Å². The third-order valence-electron chi connectivity index (χ3n) is 3.36. The van der Waals surface area contributed by atoms with Crippen molar-refractivity contribution >= 4 is 11.7 Å². The predicted molar refractivity (Wildman–Crippen MR) is 70.1 cm³/mol. The molecule has 1 aliphatic heterocycles. The van der Waals surface area contributed by atoms with E-state index in [1.54, 1.807) is 4.90 Å². The van der Waals surface area contributed by atoms with Gasteiger partial charge in [0, 0.05) is 13.0 Å². The SMILES string of the molecule is CCCCCC(=O)C1(O)CC(=O)N(CC(C)C)C1. The minimum Gasteiger partial charge on any atom is -0.380 e. The summed E-state index contributed by atoms with van der Waals surface area (Å²) in [7, 11) is 0. The number of aliphatic hydroxyl groups is 1. The molecule has 1 heterocycles. The molecular weight excluding hydrogens is 230 g/mol. The van der Waals surface area contributed by atoms with Crippen molar-refractivity contribution in [1.29, 1.82) is 0 Å². The van der Waals surface area contributed by atoms with Gasteiger partial charge in [0.1, 0.15) is 5.60 Å². The number of unbranched alkanes of at least 4 members (excludes halogenated alkanes) is 2. The Balaban J connectivity index is 2.55. The van der Waals surface area contributed by atoms with Gasteiger partial charge < -0.3 is 10.0 Å². The van der Waals surface area contributed by atoms with Crippen LogP contribution < -0.4 is 0 Å². The number of nitrogens with zero attached hydrogens (tertiary/aromatic N) is 1. The summed E-state index contributed by atoms with van der Waals surface area (Å²) in [6.07, 6.45) is 3.18. The highest BCUT2D eigenvalue weighted by molar-refractivity contribution is 5.95. The first-order chi connectivity index (χ1) is 8.39. The number of carbonyl (C=O) groups is 2. The van der Waals surface area contributed by atoms with Crippen LogP contribution in [0.15, 0.2) is 0 Å². The normalized spacial score (nSPS) is 24.1. The molecule has 1 aliphatic rings. The van der Waals surface area contributed by atoms with Crippen LogP contribution in [0.2, 0.25) is 0 Å². The molecule has 4 heteroatoms. The molecule has 1 atom stereocenters. The van der Waals surface area contributed by atoms with Crippen LogP contribution in [0.5, 0.6) is 0 Å². The van der Waals surface area contributed by atoms with Crippen LogP contribution in [0.25, 0.3) is 0 Å². The van der Waals surface area contributed by atoms with Crippen LogP contribution in [0.3, 0.4) is 0 Å². The fourth-order valence-electron chi connectivity index (χ4n) is 2.38. The summed E-state index contributed by atoms with van der Waals surface area (Å²) in [5, 5.41) is 10.3. The molecule has 0 spiro atoms. The summed E-state index contributed by atoms with van der Waals surface area (Å²) in [4.78, 5) is 25.4. The summed E-state index contributed by atoms with van der Waals surface area (Å²) in [6, 6.07) is 0. The molecule has 4 nitrogen and oxygen atoms in total. The van der Waals surface area contributed by atoms with Crippen molar-refractivity contribution in [2.75, 3.05) is 13.1 Å². The fourth-order valence-corrected chi connectivity index (χ4v) is 2.38. The lowest BCUT2D eigenvalue weighted by atomic mass is 9.93. The highest BCUT2D eigenvalue weighted by Crippen LogP contribution is 2.26. The molecule has 1 saturated heterocycles. The summed E-state index contributed by atoms with van der Waals surface area (Å²) in [6.45, 7) is 6.91. The Kier molecular flexibility index (Phi) is 5.32. The van der Waals surface area contributed by atoms with Crippen LogP contribution in [0.1, 0.15) is 52.9 Å². The van der Waals surface area contributed by atoms with Crippen LogP contribution in [-0.4, -0.2) is 40.4 Å². The monoisotopic (exact) mass is 255 g/mol. The van der Waals surface area contributed by atoms with Crippen molar-refractivity contribution in [3.63, 3.8) is 0 Å². The standard InChI is InChI=1S/C14H25NO3/c1-4-5-6-7-12(16)14(18)8-13(17)15(10-14)9-11(2)3/h11,18H,4-10H2,1-3H3. The second kappa shape index (κ2) is 6.32.